The summed E-state index contributed by atoms with van der Waals surface area (Å²) < 4.78 is 15.3. The van der Waals surface area contributed by atoms with E-state index in [9.17, 15) is 9.18 Å². The van der Waals surface area contributed by atoms with E-state index in [0.717, 1.165) is 0 Å². The second-order valence-electron chi connectivity index (χ2n) is 3.18. The van der Waals surface area contributed by atoms with Gasteiger partial charge in [-0.3, -0.25) is 4.79 Å². The molecule has 0 aliphatic heterocycles. The van der Waals surface area contributed by atoms with Gasteiger partial charge in [0.1, 0.15) is 0 Å². The predicted molar refractivity (Wildman–Crippen MR) is 62.4 cm³/mol. The zero-order valence-corrected chi connectivity index (χ0v) is 10.4. The molecule has 0 fully saturated rings. The second-order valence-corrected chi connectivity index (χ2v) is 4.10. The SMILES string of the molecule is CNC(=O)c1ccn(-c2ncc(Br)cc2F)n1. The lowest BCUT2D eigenvalue weighted by atomic mass is 10.4. The molecule has 2 aromatic heterocycles. The molecule has 0 saturated heterocycles. The Morgan fingerprint density at radius 1 is 1.59 bits per heavy atom. The Hall–Kier alpha value is -1.76. The number of nitrogens with zero attached hydrogens (tertiary/aromatic N) is 3. The van der Waals surface area contributed by atoms with E-state index < -0.39 is 5.82 Å². The summed E-state index contributed by atoms with van der Waals surface area (Å²) in [6.45, 7) is 0. The van der Waals surface area contributed by atoms with Crippen LogP contribution >= 0.6 is 15.9 Å². The number of rotatable bonds is 2. The summed E-state index contributed by atoms with van der Waals surface area (Å²) in [5.74, 6) is -0.810. The van der Waals surface area contributed by atoms with Gasteiger partial charge in [-0.1, -0.05) is 0 Å². The standard InChI is InChI=1S/C10H8BrFN4O/c1-13-10(17)8-2-3-16(15-8)9-7(12)4-6(11)5-14-9/h2-5H,1H3,(H,13,17). The maximum Gasteiger partial charge on any atom is 0.271 e. The highest BCUT2D eigenvalue weighted by Gasteiger charge is 2.11. The summed E-state index contributed by atoms with van der Waals surface area (Å²) in [4.78, 5) is 15.2. The highest BCUT2D eigenvalue weighted by Crippen LogP contribution is 2.15. The summed E-state index contributed by atoms with van der Waals surface area (Å²) in [5, 5.41) is 6.36. The first kappa shape index (κ1) is 11.7. The van der Waals surface area contributed by atoms with Crippen LogP contribution in [0.5, 0.6) is 0 Å². The average Bonchev–Trinajstić information content (AvgIpc) is 2.77. The van der Waals surface area contributed by atoms with Gasteiger partial charge in [-0.05, 0) is 28.1 Å². The molecule has 0 unspecified atom stereocenters. The van der Waals surface area contributed by atoms with Gasteiger partial charge < -0.3 is 5.32 Å². The molecule has 0 atom stereocenters. The fraction of sp³-hybridized carbons (Fsp3) is 0.100. The zero-order valence-electron chi connectivity index (χ0n) is 8.82. The predicted octanol–water partition coefficient (Wildman–Crippen LogP) is 1.53. The Morgan fingerprint density at radius 3 is 3.00 bits per heavy atom. The van der Waals surface area contributed by atoms with Crippen molar-refractivity contribution in [2.24, 2.45) is 0 Å². The molecular formula is C10H8BrFN4O. The third kappa shape index (κ3) is 2.33. The van der Waals surface area contributed by atoms with Gasteiger partial charge in [0.05, 0.1) is 0 Å². The minimum absolute atomic E-state index is 0.0448. The lowest BCUT2D eigenvalue weighted by molar-refractivity contribution is 0.0957. The number of aromatic nitrogens is 3. The van der Waals surface area contributed by atoms with Crippen LogP contribution < -0.4 is 5.32 Å². The lowest BCUT2D eigenvalue weighted by Gasteiger charge is -2.01. The molecule has 0 aliphatic carbocycles. The third-order valence-electron chi connectivity index (χ3n) is 2.05. The highest BCUT2D eigenvalue weighted by molar-refractivity contribution is 9.10. The van der Waals surface area contributed by atoms with Gasteiger partial charge >= 0.3 is 0 Å². The first-order chi connectivity index (χ1) is 8.11. The van der Waals surface area contributed by atoms with Crippen LogP contribution in [0.25, 0.3) is 5.82 Å². The second kappa shape index (κ2) is 4.62. The molecule has 2 heterocycles. The van der Waals surface area contributed by atoms with E-state index >= 15 is 0 Å². The summed E-state index contributed by atoms with van der Waals surface area (Å²) >= 11 is 3.11. The number of hydrogen-bond acceptors (Lipinski definition) is 3. The number of carbonyl (C=O) groups excluding carboxylic acids is 1. The van der Waals surface area contributed by atoms with Crippen molar-refractivity contribution < 1.29 is 9.18 Å². The summed E-state index contributed by atoms with van der Waals surface area (Å²) in [7, 11) is 1.50. The van der Waals surface area contributed by atoms with Crippen LogP contribution in [0.4, 0.5) is 4.39 Å². The third-order valence-corrected chi connectivity index (χ3v) is 2.49. The lowest BCUT2D eigenvalue weighted by Crippen LogP contribution is -2.18. The van der Waals surface area contributed by atoms with Gasteiger partial charge in [0, 0.05) is 23.9 Å². The van der Waals surface area contributed by atoms with Gasteiger partial charge in [0.15, 0.2) is 17.3 Å². The Morgan fingerprint density at radius 2 is 2.35 bits per heavy atom. The van der Waals surface area contributed by atoms with E-state index in [1.165, 1.54) is 36.3 Å². The van der Waals surface area contributed by atoms with Gasteiger partial charge in [0.2, 0.25) is 0 Å². The van der Waals surface area contributed by atoms with Crippen molar-refractivity contribution >= 4 is 21.8 Å². The zero-order chi connectivity index (χ0) is 12.4. The molecule has 0 saturated carbocycles. The Balaban J connectivity index is 2.40. The first-order valence-electron chi connectivity index (χ1n) is 4.71. The topological polar surface area (TPSA) is 59.8 Å². The van der Waals surface area contributed by atoms with Crippen molar-refractivity contribution in [2.45, 2.75) is 0 Å². The number of nitrogens with one attached hydrogen (secondary N) is 1. The summed E-state index contributed by atoms with van der Waals surface area (Å²) in [6.07, 6.45) is 2.93. The van der Waals surface area contributed by atoms with Crippen LogP contribution in [0, 0.1) is 5.82 Å². The van der Waals surface area contributed by atoms with Crippen molar-refractivity contribution in [3.05, 3.63) is 40.5 Å². The molecule has 0 spiro atoms. The Kier molecular flexibility index (Phi) is 3.19. The largest absolute Gasteiger partial charge is 0.354 e. The van der Waals surface area contributed by atoms with Crippen LogP contribution in [0.2, 0.25) is 0 Å². The van der Waals surface area contributed by atoms with E-state index in [0.29, 0.717) is 4.47 Å². The fourth-order valence-electron chi connectivity index (χ4n) is 1.27. The number of amides is 1. The molecule has 2 rings (SSSR count). The molecule has 0 aliphatic rings. The molecular weight excluding hydrogens is 291 g/mol. The van der Waals surface area contributed by atoms with E-state index in [-0.39, 0.29) is 17.4 Å². The van der Waals surface area contributed by atoms with Crippen molar-refractivity contribution in [3.8, 4) is 5.82 Å². The molecule has 5 nitrogen and oxygen atoms in total. The van der Waals surface area contributed by atoms with E-state index in [1.807, 2.05) is 0 Å². The Labute approximate surface area is 105 Å². The van der Waals surface area contributed by atoms with Gasteiger partial charge in [-0.15, -0.1) is 0 Å². The van der Waals surface area contributed by atoms with Crippen LogP contribution in [0.3, 0.4) is 0 Å². The van der Waals surface area contributed by atoms with Crippen LogP contribution in [-0.4, -0.2) is 27.7 Å². The monoisotopic (exact) mass is 298 g/mol. The molecule has 2 aromatic rings. The minimum Gasteiger partial charge on any atom is -0.354 e. The number of halogens is 2. The smallest absolute Gasteiger partial charge is 0.271 e. The van der Waals surface area contributed by atoms with Crippen molar-refractivity contribution in [1.82, 2.24) is 20.1 Å². The molecule has 7 heteroatoms. The molecule has 0 bridgehead atoms. The van der Waals surface area contributed by atoms with Gasteiger partial charge in [-0.25, -0.2) is 14.1 Å². The highest BCUT2D eigenvalue weighted by atomic mass is 79.9. The minimum atomic E-state index is -0.522. The van der Waals surface area contributed by atoms with E-state index in [1.54, 1.807) is 0 Å². The maximum absolute atomic E-state index is 13.6. The molecule has 17 heavy (non-hydrogen) atoms. The van der Waals surface area contributed by atoms with Crippen LogP contribution in [0.1, 0.15) is 10.5 Å². The molecule has 0 aromatic carbocycles. The van der Waals surface area contributed by atoms with Gasteiger partial charge in [-0.2, -0.15) is 5.10 Å². The summed E-state index contributed by atoms with van der Waals surface area (Å²) in [5.41, 5.74) is 0.205. The summed E-state index contributed by atoms with van der Waals surface area (Å²) in [6, 6.07) is 2.77. The van der Waals surface area contributed by atoms with E-state index in [2.05, 4.69) is 31.3 Å². The van der Waals surface area contributed by atoms with Crippen molar-refractivity contribution in [2.75, 3.05) is 7.05 Å². The average molecular weight is 299 g/mol. The molecule has 1 N–H and O–H groups in total. The Bertz CT molecular complexity index is 569. The molecule has 0 radical (unpaired) electrons. The first-order valence-corrected chi connectivity index (χ1v) is 5.50. The van der Waals surface area contributed by atoms with Crippen molar-refractivity contribution in [1.29, 1.82) is 0 Å². The maximum atomic E-state index is 13.6. The number of pyridine rings is 1. The molecule has 88 valence electrons. The number of carbonyl (C=O) groups is 1. The van der Waals surface area contributed by atoms with Crippen molar-refractivity contribution in [3.63, 3.8) is 0 Å². The molecule has 1 amide bonds. The number of hydrogen-bond donors (Lipinski definition) is 1. The quantitative estimate of drug-likeness (QED) is 0.915. The van der Waals surface area contributed by atoms with E-state index in [4.69, 9.17) is 0 Å². The van der Waals surface area contributed by atoms with Crippen LogP contribution in [-0.2, 0) is 0 Å². The van der Waals surface area contributed by atoms with Gasteiger partial charge in [0.25, 0.3) is 5.91 Å². The normalized spacial score (nSPS) is 10.3. The van der Waals surface area contributed by atoms with Crippen LogP contribution in [0.15, 0.2) is 29.0 Å². The fourth-order valence-corrected chi connectivity index (χ4v) is 1.57.